The standard InChI is InChI=1S/C23H30N4O2/c1-16-6-4-8-21(17(16)2)24-23(29)27(19-11-12-19)15-22(28)26(18-9-10-18)14-20-7-5-13-25(20)3/h4-8,13,18-19H,9-12,14-15H2,1-3H3,(H,24,29). The average Bonchev–Trinajstić information content (AvgIpc) is 3.61. The molecule has 154 valence electrons. The van der Waals surface area contributed by atoms with Crippen LogP contribution >= 0.6 is 0 Å². The molecule has 6 nitrogen and oxygen atoms in total. The van der Waals surface area contributed by atoms with Gasteiger partial charge in [-0.05, 0) is 68.9 Å². The summed E-state index contributed by atoms with van der Waals surface area (Å²) in [5, 5.41) is 3.03. The molecule has 6 heteroatoms. The van der Waals surface area contributed by atoms with E-state index in [0.29, 0.717) is 12.6 Å². The van der Waals surface area contributed by atoms with Crippen molar-refractivity contribution in [1.82, 2.24) is 14.4 Å². The fourth-order valence-electron chi connectivity index (χ4n) is 3.71. The maximum atomic E-state index is 13.2. The van der Waals surface area contributed by atoms with Crippen LogP contribution in [0.5, 0.6) is 0 Å². The highest BCUT2D eigenvalue weighted by Gasteiger charge is 2.38. The van der Waals surface area contributed by atoms with Gasteiger partial charge >= 0.3 is 6.03 Å². The van der Waals surface area contributed by atoms with Crippen molar-refractivity contribution >= 4 is 17.6 Å². The van der Waals surface area contributed by atoms with Gasteiger partial charge in [-0.3, -0.25) is 4.79 Å². The number of amides is 3. The summed E-state index contributed by atoms with van der Waals surface area (Å²) in [5.74, 6) is 0.0386. The van der Waals surface area contributed by atoms with E-state index in [-0.39, 0.29) is 24.5 Å². The van der Waals surface area contributed by atoms with Crippen molar-refractivity contribution < 1.29 is 9.59 Å². The van der Waals surface area contributed by atoms with E-state index in [0.717, 1.165) is 48.2 Å². The van der Waals surface area contributed by atoms with Crippen LogP contribution in [0, 0.1) is 13.8 Å². The third-order valence-corrected chi connectivity index (χ3v) is 6.09. The molecule has 0 saturated heterocycles. The van der Waals surface area contributed by atoms with Gasteiger partial charge in [-0.15, -0.1) is 0 Å². The zero-order chi connectivity index (χ0) is 20.5. The quantitative estimate of drug-likeness (QED) is 0.776. The lowest BCUT2D eigenvalue weighted by molar-refractivity contribution is -0.133. The molecule has 2 aromatic rings. The smallest absolute Gasteiger partial charge is 0.322 e. The number of aryl methyl sites for hydroxylation is 2. The Labute approximate surface area is 172 Å². The van der Waals surface area contributed by atoms with Crippen LogP contribution in [-0.2, 0) is 18.4 Å². The molecule has 1 aromatic heterocycles. The molecule has 0 bridgehead atoms. The molecule has 0 aliphatic heterocycles. The van der Waals surface area contributed by atoms with Crippen LogP contribution in [0.2, 0.25) is 0 Å². The molecule has 0 atom stereocenters. The molecule has 0 unspecified atom stereocenters. The maximum absolute atomic E-state index is 13.2. The van der Waals surface area contributed by atoms with Crippen LogP contribution in [0.1, 0.15) is 42.5 Å². The van der Waals surface area contributed by atoms with Gasteiger partial charge in [0.25, 0.3) is 0 Å². The first-order chi connectivity index (χ1) is 13.9. The monoisotopic (exact) mass is 394 g/mol. The number of anilines is 1. The van der Waals surface area contributed by atoms with Crippen LogP contribution in [0.15, 0.2) is 36.5 Å². The molecule has 4 rings (SSSR count). The van der Waals surface area contributed by atoms with E-state index in [9.17, 15) is 9.59 Å². The van der Waals surface area contributed by atoms with E-state index in [1.165, 1.54) is 0 Å². The molecule has 3 amide bonds. The predicted molar refractivity (Wildman–Crippen MR) is 114 cm³/mol. The highest BCUT2D eigenvalue weighted by molar-refractivity contribution is 5.93. The topological polar surface area (TPSA) is 57.6 Å². The molecule has 29 heavy (non-hydrogen) atoms. The molecule has 2 saturated carbocycles. The second-order valence-corrected chi connectivity index (χ2v) is 8.40. The molecule has 0 radical (unpaired) electrons. The summed E-state index contributed by atoms with van der Waals surface area (Å²) < 4.78 is 2.05. The molecule has 1 aromatic carbocycles. The van der Waals surface area contributed by atoms with E-state index in [1.807, 2.05) is 56.3 Å². The lowest BCUT2D eigenvalue weighted by Crippen LogP contribution is -2.46. The van der Waals surface area contributed by atoms with Crippen molar-refractivity contribution in [3.05, 3.63) is 53.3 Å². The minimum absolute atomic E-state index is 0.0386. The van der Waals surface area contributed by atoms with Crippen LogP contribution < -0.4 is 5.32 Å². The Kier molecular flexibility index (Phi) is 5.35. The van der Waals surface area contributed by atoms with Crippen LogP contribution in [0.4, 0.5) is 10.5 Å². The first-order valence-electron chi connectivity index (χ1n) is 10.5. The zero-order valence-electron chi connectivity index (χ0n) is 17.5. The molecule has 1 heterocycles. The summed E-state index contributed by atoms with van der Waals surface area (Å²) in [4.78, 5) is 29.9. The van der Waals surface area contributed by atoms with Crippen LogP contribution in [0.25, 0.3) is 0 Å². The summed E-state index contributed by atoms with van der Waals surface area (Å²) >= 11 is 0. The molecule has 2 fully saturated rings. The highest BCUT2D eigenvalue weighted by Crippen LogP contribution is 2.31. The second kappa shape index (κ2) is 7.93. The molecular weight excluding hydrogens is 364 g/mol. The normalized spacial score (nSPS) is 15.8. The van der Waals surface area contributed by atoms with E-state index < -0.39 is 0 Å². The van der Waals surface area contributed by atoms with Gasteiger partial charge in [-0.1, -0.05) is 12.1 Å². The maximum Gasteiger partial charge on any atom is 0.322 e. The van der Waals surface area contributed by atoms with Crippen molar-refractivity contribution in [1.29, 1.82) is 0 Å². The number of urea groups is 1. The van der Waals surface area contributed by atoms with Gasteiger partial charge in [0.1, 0.15) is 6.54 Å². The Morgan fingerprint density at radius 2 is 1.72 bits per heavy atom. The number of hydrogen-bond donors (Lipinski definition) is 1. The Balaban J connectivity index is 1.45. The van der Waals surface area contributed by atoms with Gasteiger partial charge in [0.2, 0.25) is 5.91 Å². The van der Waals surface area contributed by atoms with Crippen molar-refractivity contribution in [2.45, 2.75) is 58.2 Å². The van der Waals surface area contributed by atoms with E-state index in [4.69, 9.17) is 0 Å². The van der Waals surface area contributed by atoms with E-state index >= 15 is 0 Å². The Morgan fingerprint density at radius 3 is 2.34 bits per heavy atom. The summed E-state index contributed by atoms with van der Waals surface area (Å²) in [7, 11) is 2.00. The van der Waals surface area contributed by atoms with Gasteiger partial charge < -0.3 is 19.7 Å². The number of nitrogens with zero attached hydrogens (tertiary/aromatic N) is 3. The number of rotatable bonds is 7. The fourth-order valence-corrected chi connectivity index (χ4v) is 3.71. The zero-order valence-corrected chi connectivity index (χ0v) is 17.5. The minimum atomic E-state index is -0.177. The highest BCUT2D eigenvalue weighted by atomic mass is 16.2. The Bertz CT molecular complexity index is 911. The van der Waals surface area contributed by atoms with Gasteiger partial charge in [-0.2, -0.15) is 0 Å². The first kappa shape index (κ1) is 19.6. The first-order valence-corrected chi connectivity index (χ1v) is 10.5. The molecule has 2 aliphatic rings. The molecule has 1 N–H and O–H groups in total. The molecule has 0 spiro atoms. The minimum Gasteiger partial charge on any atom is -0.353 e. The lowest BCUT2D eigenvalue weighted by atomic mass is 10.1. The predicted octanol–water partition coefficient (Wildman–Crippen LogP) is 3.83. The van der Waals surface area contributed by atoms with Crippen LogP contribution in [-0.4, -0.2) is 44.9 Å². The summed E-state index contributed by atoms with van der Waals surface area (Å²) in [6, 6.07) is 10.2. The van der Waals surface area contributed by atoms with Crippen molar-refractivity contribution in [3.63, 3.8) is 0 Å². The number of nitrogens with one attached hydrogen (secondary N) is 1. The second-order valence-electron chi connectivity index (χ2n) is 8.40. The Hall–Kier alpha value is -2.76. The van der Waals surface area contributed by atoms with Crippen molar-refractivity contribution in [2.75, 3.05) is 11.9 Å². The molecular formula is C23H30N4O2. The number of aromatic nitrogens is 1. The summed E-state index contributed by atoms with van der Waals surface area (Å²) in [5.41, 5.74) is 4.13. The lowest BCUT2D eigenvalue weighted by Gasteiger charge is -2.28. The van der Waals surface area contributed by atoms with E-state index in [2.05, 4.69) is 16.0 Å². The van der Waals surface area contributed by atoms with Gasteiger partial charge in [0.05, 0.1) is 6.54 Å². The average molecular weight is 395 g/mol. The molecule has 2 aliphatic carbocycles. The largest absolute Gasteiger partial charge is 0.353 e. The number of benzene rings is 1. The number of carbonyl (C=O) groups is 2. The summed E-state index contributed by atoms with van der Waals surface area (Å²) in [6.45, 7) is 4.78. The Morgan fingerprint density at radius 1 is 1.03 bits per heavy atom. The van der Waals surface area contributed by atoms with Gasteiger partial charge in [0, 0.05) is 36.7 Å². The van der Waals surface area contributed by atoms with Gasteiger partial charge in [0.15, 0.2) is 0 Å². The fraction of sp³-hybridized carbons (Fsp3) is 0.478. The van der Waals surface area contributed by atoms with Gasteiger partial charge in [-0.25, -0.2) is 4.79 Å². The van der Waals surface area contributed by atoms with E-state index in [1.54, 1.807) is 4.90 Å². The van der Waals surface area contributed by atoms with Crippen molar-refractivity contribution in [2.24, 2.45) is 7.05 Å². The summed E-state index contributed by atoms with van der Waals surface area (Å²) in [6.07, 6.45) is 6.03. The van der Waals surface area contributed by atoms with Crippen molar-refractivity contribution in [3.8, 4) is 0 Å². The number of carbonyl (C=O) groups excluding carboxylic acids is 2. The third-order valence-electron chi connectivity index (χ3n) is 6.09. The third kappa shape index (κ3) is 4.47. The number of hydrogen-bond acceptors (Lipinski definition) is 2. The van der Waals surface area contributed by atoms with Crippen LogP contribution in [0.3, 0.4) is 0 Å². The SMILES string of the molecule is Cc1cccc(NC(=O)N(CC(=O)N(Cc2cccn2C)C2CC2)C2CC2)c1C.